The van der Waals surface area contributed by atoms with Crippen molar-refractivity contribution in [3.8, 4) is 0 Å². The molecule has 1 aromatic heterocycles. The molecule has 0 saturated carbocycles. The van der Waals surface area contributed by atoms with Crippen LogP contribution < -0.4 is 0 Å². The van der Waals surface area contributed by atoms with E-state index in [0.717, 1.165) is 49.4 Å². The van der Waals surface area contributed by atoms with E-state index in [4.69, 9.17) is 4.98 Å². The van der Waals surface area contributed by atoms with Crippen LogP contribution in [0.1, 0.15) is 41.4 Å². The summed E-state index contributed by atoms with van der Waals surface area (Å²) in [6.07, 6.45) is 4.62. The maximum Gasteiger partial charge on any atom is 0.243 e. The van der Waals surface area contributed by atoms with Crippen molar-refractivity contribution in [3.05, 3.63) is 53.1 Å². The van der Waals surface area contributed by atoms with Gasteiger partial charge in [0.15, 0.2) is 0 Å². The number of fused-ring (bicyclic) bond motifs is 1. The Bertz CT molecular complexity index is 927. The number of nitrogens with zero attached hydrogens (tertiary/aromatic N) is 4. The molecule has 1 unspecified atom stereocenters. The summed E-state index contributed by atoms with van der Waals surface area (Å²) in [6.45, 7) is 4.85. The number of piperidine rings is 1. The Hall–Kier alpha value is -1.83. The van der Waals surface area contributed by atoms with Gasteiger partial charge in [0.2, 0.25) is 10.0 Å². The lowest BCUT2D eigenvalue weighted by molar-refractivity contribution is 0.299. The quantitative estimate of drug-likeness (QED) is 0.810. The minimum atomic E-state index is -3.47. The summed E-state index contributed by atoms with van der Waals surface area (Å²) in [7, 11) is -1.37. The molecule has 2 aromatic rings. The Morgan fingerprint density at radius 3 is 2.70 bits per heavy atom. The van der Waals surface area contributed by atoms with Crippen LogP contribution in [0.25, 0.3) is 0 Å². The normalized spacial score (nSPS) is 21.8. The molecular formula is C20H26N4O2S. The summed E-state index contributed by atoms with van der Waals surface area (Å²) < 4.78 is 27.6. The molecule has 0 aliphatic carbocycles. The molecule has 1 atom stereocenters. The third-order valence-electron chi connectivity index (χ3n) is 5.55. The number of hydrogen-bond acceptors (Lipinski definition) is 5. The van der Waals surface area contributed by atoms with Gasteiger partial charge in [-0.3, -0.25) is 0 Å². The number of hydrogen-bond donors (Lipinski definition) is 0. The van der Waals surface area contributed by atoms with Gasteiger partial charge in [-0.05, 0) is 38.9 Å². The van der Waals surface area contributed by atoms with Gasteiger partial charge in [0, 0.05) is 56.0 Å². The molecule has 0 radical (unpaired) electrons. The second-order valence-corrected chi connectivity index (χ2v) is 9.64. The maximum atomic E-state index is 13.0. The Balaban J connectivity index is 1.55. The van der Waals surface area contributed by atoms with E-state index in [2.05, 4.69) is 16.9 Å². The van der Waals surface area contributed by atoms with E-state index in [1.807, 2.05) is 25.3 Å². The van der Waals surface area contributed by atoms with Crippen LogP contribution >= 0.6 is 0 Å². The molecule has 1 fully saturated rings. The highest BCUT2D eigenvalue weighted by Crippen LogP contribution is 2.29. The molecule has 6 nitrogen and oxygen atoms in total. The van der Waals surface area contributed by atoms with E-state index < -0.39 is 10.0 Å². The van der Waals surface area contributed by atoms with Gasteiger partial charge in [0.25, 0.3) is 0 Å². The molecule has 1 aromatic carbocycles. The van der Waals surface area contributed by atoms with E-state index in [0.29, 0.717) is 18.0 Å². The van der Waals surface area contributed by atoms with Gasteiger partial charge in [-0.15, -0.1) is 0 Å². The van der Waals surface area contributed by atoms with Crippen LogP contribution in [-0.4, -0.2) is 54.3 Å². The minimum absolute atomic E-state index is 0.0592. The maximum absolute atomic E-state index is 13.0. The Morgan fingerprint density at radius 2 is 1.93 bits per heavy atom. The number of likely N-dealkylation sites (N-methyl/N-ethyl adjacent to an activating group) is 1. The van der Waals surface area contributed by atoms with Crippen molar-refractivity contribution in [1.29, 1.82) is 0 Å². The largest absolute Gasteiger partial charge is 0.302 e. The van der Waals surface area contributed by atoms with E-state index in [1.165, 1.54) is 5.56 Å². The Morgan fingerprint density at radius 1 is 1.15 bits per heavy atom. The van der Waals surface area contributed by atoms with Crippen molar-refractivity contribution < 1.29 is 8.42 Å². The van der Waals surface area contributed by atoms with Crippen molar-refractivity contribution >= 4 is 10.0 Å². The summed E-state index contributed by atoms with van der Waals surface area (Å²) in [4.78, 5) is 12.0. The van der Waals surface area contributed by atoms with Gasteiger partial charge in [-0.25, -0.2) is 18.4 Å². The smallest absolute Gasteiger partial charge is 0.243 e. The summed E-state index contributed by atoms with van der Waals surface area (Å²) in [6, 6.07) is 7.08. The van der Waals surface area contributed by atoms with Gasteiger partial charge in [0.1, 0.15) is 5.82 Å². The van der Waals surface area contributed by atoms with Crippen LogP contribution in [0.15, 0.2) is 35.4 Å². The highest BCUT2D eigenvalue weighted by molar-refractivity contribution is 7.89. The SMILES string of the molecule is Cc1ccc(S(=O)(=O)N2CCCC(c3ncc4c(n3)CCN(C)C4)C2)cc1. The van der Waals surface area contributed by atoms with Crippen molar-refractivity contribution in [2.75, 3.05) is 26.7 Å². The fourth-order valence-electron chi connectivity index (χ4n) is 3.90. The summed E-state index contributed by atoms with van der Waals surface area (Å²) >= 11 is 0. The molecule has 4 rings (SSSR count). The number of rotatable bonds is 3. The first-order chi connectivity index (χ1) is 12.9. The molecule has 3 heterocycles. The second kappa shape index (κ2) is 7.30. The van der Waals surface area contributed by atoms with Gasteiger partial charge < -0.3 is 4.90 Å². The summed E-state index contributed by atoms with van der Waals surface area (Å²) in [5.74, 6) is 0.853. The lowest BCUT2D eigenvalue weighted by Gasteiger charge is -2.32. The Kier molecular flexibility index (Phi) is 5.01. The molecule has 0 N–H and O–H groups in total. The standard InChI is InChI=1S/C20H26N4O2S/c1-15-5-7-18(8-6-15)27(25,26)24-10-3-4-16(14-24)20-21-12-17-13-23(2)11-9-19(17)22-20/h5-8,12,16H,3-4,9-11,13-14H2,1-2H3. The first-order valence-electron chi connectivity index (χ1n) is 9.53. The average molecular weight is 387 g/mol. The predicted molar refractivity (Wildman–Crippen MR) is 104 cm³/mol. The van der Waals surface area contributed by atoms with E-state index >= 15 is 0 Å². The van der Waals surface area contributed by atoms with Gasteiger partial charge >= 0.3 is 0 Å². The average Bonchev–Trinajstić information content (AvgIpc) is 2.68. The lowest BCUT2D eigenvalue weighted by Crippen LogP contribution is -2.39. The van der Waals surface area contributed by atoms with Crippen molar-refractivity contribution in [2.45, 2.75) is 43.5 Å². The number of benzene rings is 1. The Labute approximate surface area is 161 Å². The molecule has 2 aliphatic heterocycles. The third-order valence-corrected chi connectivity index (χ3v) is 7.43. The molecule has 2 aliphatic rings. The number of aromatic nitrogens is 2. The molecule has 27 heavy (non-hydrogen) atoms. The van der Waals surface area contributed by atoms with Gasteiger partial charge in [-0.2, -0.15) is 4.31 Å². The highest BCUT2D eigenvalue weighted by Gasteiger charge is 2.32. The summed E-state index contributed by atoms with van der Waals surface area (Å²) in [5.41, 5.74) is 3.36. The van der Waals surface area contributed by atoms with Crippen LogP contribution in [0.3, 0.4) is 0 Å². The minimum Gasteiger partial charge on any atom is -0.302 e. The third kappa shape index (κ3) is 3.77. The van der Waals surface area contributed by atoms with Crippen molar-refractivity contribution in [3.63, 3.8) is 0 Å². The fourth-order valence-corrected chi connectivity index (χ4v) is 5.42. The van der Waals surface area contributed by atoms with Gasteiger partial charge in [0.05, 0.1) is 4.90 Å². The first-order valence-corrected chi connectivity index (χ1v) is 11.0. The fraction of sp³-hybridized carbons (Fsp3) is 0.500. The number of sulfonamides is 1. The molecule has 0 spiro atoms. The second-order valence-electron chi connectivity index (χ2n) is 7.70. The molecule has 144 valence electrons. The topological polar surface area (TPSA) is 66.4 Å². The van der Waals surface area contributed by atoms with Crippen molar-refractivity contribution in [2.24, 2.45) is 0 Å². The zero-order chi connectivity index (χ0) is 19.0. The molecular weight excluding hydrogens is 360 g/mol. The van der Waals surface area contributed by atoms with Crippen LogP contribution in [-0.2, 0) is 23.0 Å². The lowest BCUT2D eigenvalue weighted by atomic mass is 9.98. The van der Waals surface area contributed by atoms with E-state index in [-0.39, 0.29) is 5.92 Å². The van der Waals surface area contributed by atoms with E-state index in [9.17, 15) is 8.42 Å². The molecule has 0 bridgehead atoms. The van der Waals surface area contributed by atoms with Crippen molar-refractivity contribution in [1.82, 2.24) is 19.2 Å². The predicted octanol–water partition coefficient (Wildman–Crippen LogP) is 2.34. The van der Waals surface area contributed by atoms with Crippen LogP contribution in [0.2, 0.25) is 0 Å². The number of aryl methyl sites for hydroxylation is 1. The highest BCUT2D eigenvalue weighted by atomic mass is 32.2. The first kappa shape index (κ1) is 18.5. The van der Waals surface area contributed by atoms with Crippen LogP contribution in [0, 0.1) is 6.92 Å². The monoisotopic (exact) mass is 386 g/mol. The molecule has 1 saturated heterocycles. The zero-order valence-corrected chi connectivity index (χ0v) is 16.7. The van der Waals surface area contributed by atoms with E-state index in [1.54, 1.807) is 16.4 Å². The van der Waals surface area contributed by atoms with Crippen LogP contribution in [0.4, 0.5) is 0 Å². The van der Waals surface area contributed by atoms with Gasteiger partial charge in [-0.1, -0.05) is 17.7 Å². The molecule has 7 heteroatoms. The summed E-state index contributed by atoms with van der Waals surface area (Å²) in [5, 5.41) is 0. The molecule has 0 amide bonds. The zero-order valence-electron chi connectivity index (χ0n) is 15.9. The van der Waals surface area contributed by atoms with Crippen LogP contribution in [0.5, 0.6) is 0 Å².